The molecule has 1 N–H and O–H groups in total. The van der Waals surface area contributed by atoms with Crippen molar-refractivity contribution in [1.29, 1.82) is 0 Å². The molecule has 6 heteroatoms. The molecule has 0 bridgehead atoms. The Labute approximate surface area is 120 Å². The number of methoxy groups -OCH3 is 1. The van der Waals surface area contributed by atoms with Gasteiger partial charge in [-0.2, -0.15) is 0 Å². The van der Waals surface area contributed by atoms with Crippen LogP contribution in [0.1, 0.15) is 25.0 Å². The van der Waals surface area contributed by atoms with Crippen molar-refractivity contribution in [3.05, 3.63) is 23.8 Å². The molecule has 5 nitrogen and oxygen atoms in total. The highest BCUT2D eigenvalue weighted by molar-refractivity contribution is 7.91. The predicted molar refractivity (Wildman–Crippen MR) is 79.1 cm³/mol. The zero-order valence-corrected chi connectivity index (χ0v) is 12.7. The molecule has 1 unspecified atom stereocenters. The van der Waals surface area contributed by atoms with Gasteiger partial charge in [0, 0.05) is 24.3 Å². The van der Waals surface area contributed by atoms with E-state index >= 15 is 0 Å². The summed E-state index contributed by atoms with van der Waals surface area (Å²) in [7, 11) is -1.38. The van der Waals surface area contributed by atoms with Crippen LogP contribution in [-0.2, 0) is 9.84 Å². The zero-order valence-electron chi connectivity index (χ0n) is 11.9. The van der Waals surface area contributed by atoms with Gasteiger partial charge in [0.1, 0.15) is 5.75 Å². The third kappa shape index (κ3) is 3.24. The molecule has 1 saturated heterocycles. The SMILES string of the molecule is COc1cccc(N2CCCS(=O)(=O)CC2)c1C(C)O. The minimum absolute atomic E-state index is 0.156. The van der Waals surface area contributed by atoms with E-state index < -0.39 is 15.9 Å². The maximum absolute atomic E-state index is 11.7. The summed E-state index contributed by atoms with van der Waals surface area (Å²) >= 11 is 0. The van der Waals surface area contributed by atoms with E-state index in [1.54, 1.807) is 20.1 Å². The highest BCUT2D eigenvalue weighted by Gasteiger charge is 2.23. The monoisotopic (exact) mass is 299 g/mol. The van der Waals surface area contributed by atoms with Crippen LogP contribution in [0, 0.1) is 0 Å². The summed E-state index contributed by atoms with van der Waals surface area (Å²) in [5.74, 6) is 1.02. The summed E-state index contributed by atoms with van der Waals surface area (Å²) in [6.45, 7) is 2.82. The normalized spacial score (nSPS) is 20.2. The Hall–Kier alpha value is -1.27. The fraction of sp³-hybridized carbons (Fsp3) is 0.571. The van der Waals surface area contributed by atoms with Gasteiger partial charge < -0.3 is 14.7 Å². The molecule has 1 aliphatic heterocycles. The Morgan fingerprint density at radius 3 is 2.70 bits per heavy atom. The number of rotatable bonds is 3. The topological polar surface area (TPSA) is 66.8 Å². The highest BCUT2D eigenvalue weighted by atomic mass is 32.2. The van der Waals surface area contributed by atoms with E-state index in [9.17, 15) is 13.5 Å². The van der Waals surface area contributed by atoms with Gasteiger partial charge in [0.15, 0.2) is 9.84 Å². The van der Waals surface area contributed by atoms with Crippen LogP contribution in [-0.4, -0.2) is 45.2 Å². The van der Waals surface area contributed by atoms with Crippen LogP contribution in [0.25, 0.3) is 0 Å². The number of hydrogen-bond acceptors (Lipinski definition) is 5. The Bertz CT molecular complexity index is 569. The van der Waals surface area contributed by atoms with Gasteiger partial charge in [-0.25, -0.2) is 8.42 Å². The minimum Gasteiger partial charge on any atom is -0.496 e. The number of anilines is 1. The van der Waals surface area contributed by atoms with Crippen LogP contribution < -0.4 is 9.64 Å². The Kier molecular flexibility index (Phi) is 4.55. The van der Waals surface area contributed by atoms with Gasteiger partial charge >= 0.3 is 0 Å². The maximum atomic E-state index is 11.7. The van der Waals surface area contributed by atoms with E-state index in [-0.39, 0.29) is 11.5 Å². The van der Waals surface area contributed by atoms with Crippen LogP contribution in [0.3, 0.4) is 0 Å². The van der Waals surface area contributed by atoms with Gasteiger partial charge in [-0.15, -0.1) is 0 Å². The van der Waals surface area contributed by atoms with Gasteiger partial charge in [-0.05, 0) is 25.5 Å². The van der Waals surface area contributed by atoms with Crippen molar-refractivity contribution in [3.63, 3.8) is 0 Å². The van der Waals surface area contributed by atoms with Gasteiger partial charge in [-0.1, -0.05) is 6.07 Å². The lowest BCUT2D eigenvalue weighted by molar-refractivity contribution is 0.194. The van der Waals surface area contributed by atoms with E-state index in [2.05, 4.69) is 0 Å². The fourth-order valence-electron chi connectivity index (χ4n) is 2.59. The molecule has 1 aromatic carbocycles. The lowest BCUT2D eigenvalue weighted by Crippen LogP contribution is -2.28. The smallest absolute Gasteiger partial charge is 0.152 e. The average molecular weight is 299 g/mol. The number of hydrogen-bond donors (Lipinski definition) is 1. The number of aliphatic hydroxyl groups is 1. The molecule has 0 spiro atoms. The minimum atomic E-state index is -2.94. The van der Waals surface area contributed by atoms with Crippen molar-refractivity contribution in [2.24, 2.45) is 0 Å². The molecule has 1 aliphatic rings. The first-order valence-corrected chi connectivity index (χ1v) is 8.57. The van der Waals surface area contributed by atoms with Crippen molar-refractivity contribution in [2.75, 3.05) is 36.6 Å². The predicted octanol–water partition coefficient (Wildman–Crippen LogP) is 1.37. The molecule has 1 heterocycles. The van der Waals surface area contributed by atoms with Crippen LogP contribution >= 0.6 is 0 Å². The molecule has 1 atom stereocenters. The molecule has 2 rings (SSSR count). The number of aliphatic hydroxyl groups excluding tert-OH is 1. The third-order valence-electron chi connectivity index (χ3n) is 3.58. The molecule has 1 fully saturated rings. The van der Waals surface area contributed by atoms with E-state index in [0.29, 0.717) is 30.8 Å². The molecule has 20 heavy (non-hydrogen) atoms. The second-order valence-corrected chi connectivity index (χ2v) is 7.37. The molecular formula is C14H21NO4S. The molecule has 112 valence electrons. The first-order chi connectivity index (χ1) is 9.44. The molecule has 0 aromatic heterocycles. The van der Waals surface area contributed by atoms with Gasteiger partial charge in [0.2, 0.25) is 0 Å². The standard InChI is InChI=1S/C14H21NO4S/c1-11(16)14-12(5-3-6-13(14)19-2)15-7-4-9-20(17,18)10-8-15/h3,5-6,11,16H,4,7-10H2,1-2H3. The van der Waals surface area contributed by atoms with Gasteiger partial charge in [-0.3, -0.25) is 0 Å². The van der Waals surface area contributed by atoms with E-state index in [4.69, 9.17) is 4.74 Å². The number of nitrogens with zero attached hydrogens (tertiary/aromatic N) is 1. The molecule has 0 radical (unpaired) electrons. The first-order valence-electron chi connectivity index (χ1n) is 6.75. The highest BCUT2D eigenvalue weighted by Crippen LogP contribution is 2.35. The van der Waals surface area contributed by atoms with Crippen molar-refractivity contribution in [2.45, 2.75) is 19.4 Å². The van der Waals surface area contributed by atoms with Crippen molar-refractivity contribution >= 4 is 15.5 Å². The van der Waals surface area contributed by atoms with Crippen molar-refractivity contribution in [1.82, 2.24) is 0 Å². The van der Waals surface area contributed by atoms with Crippen LogP contribution in [0.15, 0.2) is 18.2 Å². The molecule has 0 aliphatic carbocycles. The summed E-state index contributed by atoms with van der Waals surface area (Å²) in [5, 5.41) is 10.00. The van der Waals surface area contributed by atoms with Crippen LogP contribution in [0.4, 0.5) is 5.69 Å². The molecule has 0 amide bonds. The zero-order chi connectivity index (χ0) is 14.8. The fourth-order valence-corrected chi connectivity index (χ4v) is 3.86. The summed E-state index contributed by atoms with van der Waals surface area (Å²) in [5.41, 5.74) is 1.57. The lowest BCUT2D eigenvalue weighted by Gasteiger charge is -2.27. The Balaban J connectivity index is 2.37. The van der Waals surface area contributed by atoms with Crippen molar-refractivity contribution in [3.8, 4) is 5.75 Å². The molecule has 0 saturated carbocycles. The molecular weight excluding hydrogens is 278 g/mol. The molecule has 1 aromatic rings. The number of sulfone groups is 1. The van der Waals surface area contributed by atoms with Crippen molar-refractivity contribution < 1.29 is 18.3 Å². The van der Waals surface area contributed by atoms with Crippen LogP contribution in [0.5, 0.6) is 5.75 Å². The van der Waals surface area contributed by atoms with Crippen LogP contribution in [0.2, 0.25) is 0 Å². The summed E-state index contributed by atoms with van der Waals surface area (Å²) in [6, 6.07) is 5.57. The number of benzene rings is 1. The lowest BCUT2D eigenvalue weighted by atomic mass is 10.1. The quantitative estimate of drug-likeness (QED) is 0.913. The van der Waals surface area contributed by atoms with Gasteiger partial charge in [0.25, 0.3) is 0 Å². The average Bonchev–Trinajstić information content (AvgIpc) is 2.58. The van der Waals surface area contributed by atoms with E-state index in [0.717, 1.165) is 5.69 Å². The second kappa shape index (κ2) is 6.01. The van der Waals surface area contributed by atoms with E-state index in [1.807, 2.05) is 17.0 Å². The van der Waals surface area contributed by atoms with Gasteiger partial charge in [0.05, 0.1) is 24.7 Å². The summed E-state index contributed by atoms with van der Waals surface area (Å²) < 4.78 is 28.7. The largest absolute Gasteiger partial charge is 0.496 e. The van der Waals surface area contributed by atoms with E-state index in [1.165, 1.54) is 0 Å². The summed E-state index contributed by atoms with van der Waals surface area (Å²) in [6.07, 6.45) is -0.0558. The summed E-state index contributed by atoms with van der Waals surface area (Å²) in [4.78, 5) is 2.02. The second-order valence-electron chi connectivity index (χ2n) is 5.06. The maximum Gasteiger partial charge on any atom is 0.152 e. The Morgan fingerprint density at radius 2 is 2.05 bits per heavy atom. The third-order valence-corrected chi connectivity index (χ3v) is 5.29. The Morgan fingerprint density at radius 1 is 1.30 bits per heavy atom. The number of ether oxygens (including phenoxy) is 1. The first kappa shape index (κ1) is 15.1.